The molecule has 0 aliphatic carbocycles. The van der Waals surface area contributed by atoms with Crippen LogP contribution in [0, 0.1) is 0 Å². The zero-order valence-corrected chi connectivity index (χ0v) is 8.48. The van der Waals surface area contributed by atoms with E-state index in [0.29, 0.717) is 0 Å². The van der Waals surface area contributed by atoms with Crippen LogP contribution in [-0.4, -0.2) is 38.2 Å². The van der Waals surface area contributed by atoms with Crippen molar-refractivity contribution in [3.8, 4) is 0 Å². The molecule has 92 valence electrons. The van der Waals surface area contributed by atoms with Crippen LogP contribution in [-0.2, 0) is 14.5 Å². The van der Waals surface area contributed by atoms with Gasteiger partial charge in [-0.25, -0.2) is 14.2 Å². The van der Waals surface area contributed by atoms with E-state index >= 15 is 0 Å². The summed E-state index contributed by atoms with van der Waals surface area (Å²) in [4.78, 5) is 8.79. The van der Waals surface area contributed by atoms with E-state index in [0.717, 1.165) is 0 Å². The van der Waals surface area contributed by atoms with Gasteiger partial charge in [0, 0.05) is 12.3 Å². The van der Waals surface area contributed by atoms with E-state index in [9.17, 15) is 17.6 Å². The molecule has 0 aliphatic heterocycles. The van der Waals surface area contributed by atoms with Crippen molar-refractivity contribution >= 4 is 11.6 Å². The fraction of sp³-hybridized carbons (Fsp3) is 1.00. The van der Waals surface area contributed by atoms with Crippen molar-refractivity contribution in [3.63, 3.8) is 0 Å². The molecular formula is C7H11ClF4O3. The van der Waals surface area contributed by atoms with Crippen LogP contribution < -0.4 is 0 Å². The van der Waals surface area contributed by atoms with E-state index in [1.165, 1.54) is 0 Å². The minimum absolute atomic E-state index is 0.127. The van der Waals surface area contributed by atoms with E-state index < -0.39 is 19.1 Å². The Morgan fingerprint density at radius 1 is 1.13 bits per heavy atom. The molecule has 0 saturated carbocycles. The van der Waals surface area contributed by atoms with Crippen molar-refractivity contribution in [2.75, 3.05) is 25.7 Å². The van der Waals surface area contributed by atoms with Crippen LogP contribution in [0.25, 0.3) is 0 Å². The lowest BCUT2D eigenvalue weighted by molar-refractivity contribution is -0.297. The highest BCUT2D eigenvalue weighted by molar-refractivity contribution is 6.17. The Balaban J connectivity index is 3.30. The normalized spacial score (nSPS) is 14.2. The molecule has 15 heavy (non-hydrogen) atoms. The second-order valence-electron chi connectivity index (χ2n) is 2.46. The number of alkyl halides is 5. The second-order valence-corrected chi connectivity index (χ2v) is 2.84. The third-order valence-electron chi connectivity index (χ3n) is 1.10. The molecule has 0 radical (unpaired) electrons. The van der Waals surface area contributed by atoms with Crippen LogP contribution in [0.3, 0.4) is 0 Å². The molecule has 0 amide bonds. The van der Waals surface area contributed by atoms with E-state index in [1.54, 1.807) is 0 Å². The Hall–Kier alpha value is -0.110. The summed E-state index contributed by atoms with van der Waals surface area (Å²) in [6, 6.07) is 0. The SMILES string of the molecule is FC(CCOOCCCl)OCC(F)(F)F. The van der Waals surface area contributed by atoms with Crippen LogP contribution in [0.15, 0.2) is 0 Å². The number of rotatable bonds is 8. The largest absolute Gasteiger partial charge is 0.411 e. The number of ether oxygens (including phenoxy) is 1. The molecule has 1 unspecified atom stereocenters. The highest BCUT2D eigenvalue weighted by Crippen LogP contribution is 2.16. The first-order chi connectivity index (χ1) is 6.95. The Kier molecular flexibility index (Phi) is 8.03. The second kappa shape index (κ2) is 8.09. The van der Waals surface area contributed by atoms with Crippen molar-refractivity contribution in [2.24, 2.45) is 0 Å². The standard InChI is InChI=1S/C7H11ClF4O3/c8-2-4-15-14-3-1-6(9)13-5-7(10,11)12/h6H,1-5H2. The summed E-state index contributed by atoms with van der Waals surface area (Å²) in [7, 11) is 0. The average Bonchev–Trinajstić information content (AvgIpc) is 2.13. The quantitative estimate of drug-likeness (QED) is 0.219. The summed E-state index contributed by atoms with van der Waals surface area (Å²) in [5.74, 6) is 0.212. The predicted molar refractivity (Wildman–Crippen MR) is 44.1 cm³/mol. The van der Waals surface area contributed by atoms with E-state index in [1.807, 2.05) is 0 Å². The molecule has 0 aromatic heterocycles. The molecule has 0 spiro atoms. The number of halogens is 5. The molecule has 0 aromatic carbocycles. The van der Waals surface area contributed by atoms with E-state index in [4.69, 9.17) is 11.6 Å². The van der Waals surface area contributed by atoms with Gasteiger partial charge >= 0.3 is 6.18 Å². The molecular weight excluding hydrogens is 244 g/mol. The summed E-state index contributed by atoms with van der Waals surface area (Å²) in [5, 5.41) is 0. The van der Waals surface area contributed by atoms with Gasteiger partial charge < -0.3 is 4.74 Å². The van der Waals surface area contributed by atoms with Crippen LogP contribution in [0.4, 0.5) is 17.6 Å². The highest BCUT2D eigenvalue weighted by Gasteiger charge is 2.29. The van der Waals surface area contributed by atoms with Gasteiger partial charge in [0.2, 0.25) is 6.36 Å². The van der Waals surface area contributed by atoms with Gasteiger partial charge in [0.1, 0.15) is 6.61 Å². The molecule has 0 aromatic rings. The first kappa shape index (κ1) is 14.9. The van der Waals surface area contributed by atoms with Gasteiger partial charge in [0.15, 0.2) is 0 Å². The maximum absolute atomic E-state index is 12.6. The minimum atomic E-state index is -4.53. The van der Waals surface area contributed by atoms with Crippen molar-refractivity contribution in [1.82, 2.24) is 0 Å². The fourth-order valence-electron chi connectivity index (χ4n) is 0.558. The van der Waals surface area contributed by atoms with E-state index in [2.05, 4.69) is 14.5 Å². The maximum Gasteiger partial charge on any atom is 0.411 e. The van der Waals surface area contributed by atoms with Crippen LogP contribution in [0.2, 0.25) is 0 Å². The van der Waals surface area contributed by atoms with Crippen LogP contribution in [0.5, 0.6) is 0 Å². The maximum atomic E-state index is 12.6. The lowest BCUT2D eigenvalue weighted by Gasteiger charge is -2.11. The summed E-state index contributed by atoms with van der Waals surface area (Å²) in [6.45, 7) is -1.69. The summed E-state index contributed by atoms with van der Waals surface area (Å²) >= 11 is 5.21. The molecule has 0 fully saturated rings. The van der Waals surface area contributed by atoms with Gasteiger partial charge in [-0.2, -0.15) is 13.2 Å². The fourth-order valence-corrected chi connectivity index (χ4v) is 0.621. The molecule has 0 heterocycles. The Labute approximate surface area is 89.2 Å². The molecule has 8 heteroatoms. The summed E-state index contributed by atoms with van der Waals surface area (Å²) in [5.41, 5.74) is 0. The molecule has 0 N–H and O–H groups in total. The molecule has 3 nitrogen and oxygen atoms in total. The van der Waals surface area contributed by atoms with Crippen LogP contribution in [0.1, 0.15) is 6.42 Å². The third kappa shape index (κ3) is 11.8. The smallest absolute Gasteiger partial charge is 0.338 e. The molecule has 0 rings (SSSR count). The van der Waals surface area contributed by atoms with Gasteiger partial charge in [-0.1, -0.05) is 0 Å². The molecule has 1 atom stereocenters. The van der Waals surface area contributed by atoms with Gasteiger partial charge in [-0.3, -0.25) is 0 Å². The Morgan fingerprint density at radius 2 is 1.73 bits per heavy atom. The lowest BCUT2D eigenvalue weighted by Crippen LogP contribution is -2.21. The van der Waals surface area contributed by atoms with Gasteiger partial charge in [-0.15, -0.1) is 11.6 Å². The number of hydrogen-bond acceptors (Lipinski definition) is 3. The zero-order chi connectivity index (χ0) is 11.7. The lowest BCUT2D eigenvalue weighted by atomic mass is 10.5. The van der Waals surface area contributed by atoms with Crippen LogP contribution >= 0.6 is 11.6 Å². The topological polar surface area (TPSA) is 27.7 Å². The summed E-state index contributed by atoms with van der Waals surface area (Å²) < 4.78 is 51.0. The zero-order valence-electron chi connectivity index (χ0n) is 7.73. The first-order valence-corrected chi connectivity index (χ1v) is 4.62. The minimum Gasteiger partial charge on any atom is -0.338 e. The van der Waals surface area contributed by atoms with E-state index in [-0.39, 0.29) is 25.5 Å². The number of hydrogen-bond donors (Lipinski definition) is 0. The van der Waals surface area contributed by atoms with Gasteiger partial charge in [-0.05, 0) is 0 Å². The van der Waals surface area contributed by atoms with Gasteiger partial charge in [0.05, 0.1) is 13.2 Å². The Bertz CT molecular complexity index is 156. The molecule has 0 saturated heterocycles. The van der Waals surface area contributed by atoms with Gasteiger partial charge in [0.25, 0.3) is 0 Å². The molecule has 0 bridgehead atoms. The van der Waals surface area contributed by atoms with Crippen molar-refractivity contribution < 1.29 is 32.1 Å². The Morgan fingerprint density at radius 3 is 2.27 bits per heavy atom. The highest BCUT2D eigenvalue weighted by atomic mass is 35.5. The molecule has 0 aliphatic rings. The van der Waals surface area contributed by atoms with Crippen molar-refractivity contribution in [2.45, 2.75) is 19.0 Å². The predicted octanol–water partition coefficient (Wildman–Crippen LogP) is 2.44. The van der Waals surface area contributed by atoms with Crippen molar-refractivity contribution in [3.05, 3.63) is 0 Å². The monoisotopic (exact) mass is 254 g/mol. The average molecular weight is 255 g/mol. The summed E-state index contributed by atoms with van der Waals surface area (Å²) in [6.07, 6.45) is -6.88. The first-order valence-electron chi connectivity index (χ1n) is 4.08. The van der Waals surface area contributed by atoms with Crippen molar-refractivity contribution in [1.29, 1.82) is 0 Å². The third-order valence-corrected chi connectivity index (χ3v) is 1.25.